The van der Waals surface area contributed by atoms with Gasteiger partial charge in [0.1, 0.15) is 11.6 Å². The summed E-state index contributed by atoms with van der Waals surface area (Å²) in [6.07, 6.45) is 1.82. The van der Waals surface area contributed by atoms with Crippen molar-refractivity contribution >= 4 is 34.2 Å². The highest BCUT2D eigenvalue weighted by molar-refractivity contribution is 5.90. The molecule has 5 aromatic rings. The first kappa shape index (κ1) is 22.0. The van der Waals surface area contributed by atoms with Gasteiger partial charge in [-0.25, -0.2) is 9.07 Å². The molecule has 0 saturated carbocycles. The number of rotatable bonds is 5. The van der Waals surface area contributed by atoms with Gasteiger partial charge in [-0.15, -0.1) is 0 Å². The molecule has 0 spiro atoms. The minimum absolute atomic E-state index is 0.220. The molecule has 0 aliphatic carbocycles. The van der Waals surface area contributed by atoms with Gasteiger partial charge < -0.3 is 15.1 Å². The first-order chi connectivity index (χ1) is 17.7. The van der Waals surface area contributed by atoms with Crippen molar-refractivity contribution in [3.63, 3.8) is 0 Å². The molecule has 1 aliphatic rings. The Labute approximate surface area is 208 Å². The molecule has 36 heavy (non-hydrogen) atoms. The molecule has 7 nitrogen and oxygen atoms in total. The van der Waals surface area contributed by atoms with Gasteiger partial charge in [0.25, 0.3) is 0 Å². The van der Waals surface area contributed by atoms with Crippen molar-refractivity contribution in [2.24, 2.45) is 0 Å². The lowest BCUT2D eigenvalue weighted by molar-refractivity contribution is 0.623. The third-order valence-electron chi connectivity index (χ3n) is 6.57. The average Bonchev–Trinajstić information content (AvgIpc) is 3.35. The monoisotopic (exact) mass is 479 g/mol. The lowest BCUT2D eigenvalue weighted by Crippen LogP contribution is -2.47. The van der Waals surface area contributed by atoms with Gasteiger partial charge in [-0.3, -0.25) is 0 Å². The maximum Gasteiger partial charge on any atom is 0.229 e. The maximum absolute atomic E-state index is 13.4. The summed E-state index contributed by atoms with van der Waals surface area (Å²) in [5.41, 5.74) is 4.85. The van der Waals surface area contributed by atoms with E-state index in [0.29, 0.717) is 5.95 Å². The van der Waals surface area contributed by atoms with Crippen LogP contribution in [0.5, 0.6) is 0 Å². The highest BCUT2D eigenvalue weighted by Gasteiger charge is 2.22. The van der Waals surface area contributed by atoms with E-state index >= 15 is 0 Å². The van der Waals surface area contributed by atoms with E-state index < -0.39 is 0 Å². The van der Waals surface area contributed by atoms with Gasteiger partial charge >= 0.3 is 0 Å². The Morgan fingerprint density at radius 2 is 1.44 bits per heavy atom. The Hall–Kier alpha value is -4.46. The van der Waals surface area contributed by atoms with E-state index in [0.717, 1.165) is 65.7 Å². The van der Waals surface area contributed by atoms with E-state index in [1.165, 1.54) is 12.1 Å². The summed E-state index contributed by atoms with van der Waals surface area (Å²) in [6.45, 7) is 5.18. The fourth-order valence-corrected chi connectivity index (χ4v) is 4.55. The van der Waals surface area contributed by atoms with E-state index in [1.807, 2.05) is 71.5 Å². The Kier molecular flexibility index (Phi) is 5.69. The molecule has 8 heteroatoms. The van der Waals surface area contributed by atoms with Crippen LogP contribution in [0.4, 0.5) is 27.5 Å². The van der Waals surface area contributed by atoms with Gasteiger partial charge in [-0.2, -0.15) is 15.1 Å². The average molecular weight is 480 g/mol. The van der Waals surface area contributed by atoms with E-state index in [2.05, 4.69) is 33.2 Å². The zero-order valence-electron chi connectivity index (χ0n) is 20.0. The van der Waals surface area contributed by atoms with Crippen LogP contribution >= 0.6 is 0 Å². The number of anilines is 4. The van der Waals surface area contributed by atoms with Crippen molar-refractivity contribution in [3.8, 4) is 5.69 Å². The van der Waals surface area contributed by atoms with Gasteiger partial charge in [0.05, 0.1) is 17.3 Å². The number of fused-ring (bicyclic) bond motifs is 1. The fourth-order valence-electron chi connectivity index (χ4n) is 4.55. The molecule has 0 amide bonds. The van der Waals surface area contributed by atoms with Gasteiger partial charge in [0.15, 0.2) is 5.65 Å². The van der Waals surface area contributed by atoms with Gasteiger partial charge in [0.2, 0.25) is 5.95 Å². The molecule has 3 aromatic carbocycles. The van der Waals surface area contributed by atoms with Crippen LogP contribution in [0.15, 0.2) is 85.1 Å². The molecule has 3 heterocycles. The Morgan fingerprint density at radius 1 is 0.750 bits per heavy atom. The molecule has 0 atom stereocenters. The molecule has 1 saturated heterocycles. The van der Waals surface area contributed by atoms with Crippen molar-refractivity contribution < 1.29 is 4.39 Å². The van der Waals surface area contributed by atoms with E-state index in [1.54, 1.807) is 0 Å². The maximum atomic E-state index is 13.4. The predicted molar refractivity (Wildman–Crippen MR) is 142 cm³/mol. The number of aryl methyl sites for hydroxylation is 1. The van der Waals surface area contributed by atoms with Crippen molar-refractivity contribution in [3.05, 3.63) is 96.4 Å². The third kappa shape index (κ3) is 4.22. The zero-order chi connectivity index (χ0) is 24.5. The molecule has 1 aliphatic heterocycles. The first-order valence-electron chi connectivity index (χ1n) is 12.0. The molecule has 2 aromatic heterocycles. The van der Waals surface area contributed by atoms with Crippen LogP contribution in [-0.4, -0.2) is 45.9 Å². The summed E-state index contributed by atoms with van der Waals surface area (Å²) in [6, 6.07) is 24.8. The number of hydrogen-bond donors (Lipinski definition) is 1. The molecular weight excluding hydrogens is 453 g/mol. The molecule has 6 rings (SSSR count). The number of para-hydroxylation sites is 2. The van der Waals surface area contributed by atoms with Crippen LogP contribution in [0.2, 0.25) is 0 Å². The zero-order valence-corrected chi connectivity index (χ0v) is 20.0. The molecule has 1 fully saturated rings. The summed E-state index contributed by atoms with van der Waals surface area (Å²) in [5, 5.41) is 9.03. The highest BCUT2D eigenvalue weighted by atomic mass is 19.1. The third-order valence-corrected chi connectivity index (χ3v) is 6.57. The summed E-state index contributed by atoms with van der Waals surface area (Å²) in [4.78, 5) is 14.4. The summed E-state index contributed by atoms with van der Waals surface area (Å²) in [7, 11) is 0. The molecule has 180 valence electrons. The second kappa shape index (κ2) is 9.30. The van der Waals surface area contributed by atoms with E-state index in [4.69, 9.17) is 9.97 Å². The van der Waals surface area contributed by atoms with Gasteiger partial charge in [-0.1, -0.05) is 36.4 Å². The second-order valence-electron chi connectivity index (χ2n) is 8.89. The number of halogens is 1. The fraction of sp³-hybridized carbons (Fsp3) is 0.179. The molecule has 0 unspecified atom stereocenters. The Balaban J connectivity index is 1.36. The van der Waals surface area contributed by atoms with Gasteiger partial charge in [-0.05, 0) is 55.0 Å². The SMILES string of the molecule is Cc1ccccc1Nc1nc(N2CCN(c3ccc(F)cc3)CC2)nc2c1cnn2-c1ccccc1. The topological polar surface area (TPSA) is 62.1 Å². The summed E-state index contributed by atoms with van der Waals surface area (Å²) >= 11 is 0. The highest BCUT2D eigenvalue weighted by Crippen LogP contribution is 2.29. The van der Waals surface area contributed by atoms with Gasteiger partial charge in [0, 0.05) is 37.6 Å². The first-order valence-corrected chi connectivity index (χ1v) is 12.0. The van der Waals surface area contributed by atoms with Crippen LogP contribution in [0.3, 0.4) is 0 Å². The standard InChI is InChI=1S/C28H26FN7/c1-20-7-5-6-10-25(20)31-26-24-19-30-36(23-8-3-2-4-9-23)27(24)33-28(32-26)35-17-15-34(16-18-35)22-13-11-21(29)12-14-22/h2-14,19H,15-18H2,1H3,(H,31,32,33). The Bertz CT molecular complexity index is 1490. The minimum atomic E-state index is -0.220. The molecular formula is C28H26FN7. The predicted octanol–water partition coefficient (Wildman–Crippen LogP) is 5.33. The lowest BCUT2D eigenvalue weighted by atomic mass is 10.2. The normalized spacial score (nSPS) is 13.8. The van der Waals surface area contributed by atoms with Crippen LogP contribution < -0.4 is 15.1 Å². The lowest BCUT2D eigenvalue weighted by Gasteiger charge is -2.36. The number of piperazine rings is 1. The molecule has 1 N–H and O–H groups in total. The number of nitrogens with one attached hydrogen (secondary N) is 1. The van der Waals surface area contributed by atoms with Crippen molar-refractivity contribution in [2.75, 3.05) is 41.3 Å². The van der Waals surface area contributed by atoms with Crippen molar-refractivity contribution in [1.82, 2.24) is 19.7 Å². The Morgan fingerprint density at radius 3 is 2.19 bits per heavy atom. The van der Waals surface area contributed by atoms with E-state index in [9.17, 15) is 4.39 Å². The summed E-state index contributed by atoms with van der Waals surface area (Å²) < 4.78 is 15.2. The summed E-state index contributed by atoms with van der Waals surface area (Å²) in [5.74, 6) is 1.17. The van der Waals surface area contributed by atoms with Crippen LogP contribution in [-0.2, 0) is 0 Å². The smallest absolute Gasteiger partial charge is 0.229 e. The van der Waals surface area contributed by atoms with Crippen molar-refractivity contribution in [1.29, 1.82) is 0 Å². The minimum Gasteiger partial charge on any atom is -0.368 e. The second-order valence-corrected chi connectivity index (χ2v) is 8.89. The molecule has 0 bridgehead atoms. The largest absolute Gasteiger partial charge is 0.368 e. The van der Waals surface area contributed by atoms with Crippen LogP contribution in [0, 0.1) is 12.7 Å². The number of hydrogen-bond acceptors (Lipinski definition) is 6. The van der Waals surface area contributed by atoms with Crippen LogP contribution in [0.1, 0.15) is 5.56 Å². The van der Waals surface area contributed by atoms with Crippen molar-refractivity contribution in [2.45, 2.75) is 6.92 Å². The number of nitrogens with zero attached hydrogens (tertiary/aromatic N) is 6. The number of benzene rings is 3. The van der Waals surface area contributed by atoms with Crippen LogP contribution in [0.25, 0.3) is 16.7 Å². The van der Waals surface area contributed by atoms with E-state index in [-0.39, 0.29) is 5.82 Å². The quantitative estimate of drug-likeness (QED) is 0.368. The molecule has 0 radical (unpaired) electrons. The number of aromatic nitrogens is 4.